The fraction of sp³-hybridized carbons (Fsp3) is 0.538. The van der Waals surface area contributed by atoms with Crippen molar-refractivity contribution >= 4 is 16.1 Å². The number of fused-ring (bicyclic) bond motifs is 2. The second-order valence-corrected chi connectivity index (χ2v) is 11.9. The maximum Gasteiger partial charge on any atom is 0.304 e. The summed E-state index contributed by atoms with van der Waals surface area (Å²) in [7, 11) is -2.27. The average Bonchev–Trinajstić information content (AvgIpc) is 3.70. The Morgan fingerprint density at radius 1 is 1.11 bits per heavy atom. The van der Waals surface area contributed by atoms with Crippen LogP contribution in [0.2, 0.25) is 0 Å². The molecule has 3 fully saturated rings. The highest BCUT2D eigenvalue weighted by atomic mass is 32.2. The number of ether oxygens (including phenoxy) is 2. The molecule has 3 atom stereocenters. The molecule has 1 amide bonds. The van der Waals surface area contributed by atoms with Crippen LogP contribution >= 0.6 is 0 Å². The highest BCUT2D eigenvalue weighted by Gasteiger charge is 2.42. The second-order valence-electron chi connectivity index (χ2n) is 10.2. The molecule has 0 spiro atoms. The van der Waals surface area contributed by atoms with Crippen LogP contribution in [0.15, 0.2) is 30.5 Å². The number of amides is 1. The normalized spacial score (nSPS) is 22.7. The molecule has 2 bridgehead atoms. The molecular formula is C26H32F2N4O5S. The number of aromatic nitrogens is 1. The molecule has 3 aliphatic rings. The Kier molecular flexibility index (Phi) is 7.56. The van der Waals surface area contributed by atoms with Gasteiger partial charge >= 0.3 is 10.2 Å². The van der Waals surface area contributed by atoms with E-state index in [1.54, 1.807) is 18.3 Å². The van der Waals surface area contributed by atoms with Gasteiger partial charge in [0.15, 0.2) is 11.6 Å². The zero-order chi connectivity index (χ0) is 27.0. The Morgan fingerprint density at radius 2 is 1.82 bits per heavy atom. The van der Waals surface area contributed by atoms with Gasteiger partial charge in [0.2, 0.25) is 5.82 Å². The van der Waals surface area contributed by atoms with Crippen molar-refractivity contribution < 1.29 is 31.5 Å². The first kappa shape index (κ1) is 26.8. The molecule has 2 aromatic rings. The summed E-state index contributed by atoms with van der Waals surface area (Å²) >= 11 is 0. The lowest BCUT2D eigenvalue weighted by Crippen LogP contribution is -2.56. The molecular weight excluding hydrogens is 518 g/mol. The van der Waals surface area contributed by atoms with Gasteiger partial charge in [-0.25, -0.2) is 9.11 Å². The molecule has 1 N–H and O–H groups in total. The molecule has 3 heterocycles. The molecule has 1 saturated carbocycles. The van der Waals surface area contributed by atoms with Crippen LogP contribution in [0, 0.1) is 17.6 Å². The predicted octanol–water partition coefficient (Wildman–Crippen LogP) is 3.43. The molecule has 0 radical (unpaired) electrons. The Hall–Kier alpha value is -2.83. The second kappa shape index (κ2) is 10.7. The summed E-state index contributed by atoms with van der Waals surface area (Å²) in [5.41, 5.74) is -0.209. The standard InChI is InChI=1S/C26H32F2N4O5S/c1-3-22(21-10-8-19(12-29-21)36-15-16-4-5-16)37-23-11-9-20(24(27)25(23)28)26(33)30-38(34,35)32-13-17-6-7-18(14-32)31(17)2/h8-12,16-18,22H,3-7,13-15H2,1-2H3,(H,30,33)/t17?,18?,22-/m1/s1. The number of hydrogen-bond acceptors (Lipinski definition) is 7. The van der Waals surface area contributed by atoms with Gasteiger partial charge in [0.25, 0.3) is 5.91 Å². The molecule has 38 heavy (non-hydrogen) atoms. The number of carbonyl (C=O) groups excluding carboxylic acids is 1. The fourth-order valence-corrected chi connectivity index (χ4v) is 6.19. The van der Waals surface area contributed by atoms with Crippen LogP contribution in [0.1, 0.15) is 61.2 Å². The lowest BCUT2D eigenvalue weighted by atomic mass is 10.1. The number of benzene rings is 1. The Bertz CT molecular complexity index is 1280. The van der Waals surface area contributed by atoms with Crippen LogP contribution in [0.3, 0.4) is 0 Å². The fourth-order valence-electron chi connectivity index (χ4n) is 4.98. The number of halogens is 2. The van der Waals surface area contributed by atoms with Gasteiger partial charge in [0.1, 0.15) is 11.9 Å². The van der Waals surface area contributed by atoms with Gasteiger partial charge in [-0.3, -0.25) is 14.7 Å². The minimum absolute atomic E-state index is 0.0681. The summed E-state index contributed by atoms with van der Waals surface area (Å²) in [6, 6.07) is 5.74. The van der Waals surface area contributed by atoms with Gasteiger partial charge in [-0.1, -0.05) is 6.92 Å². The van der Waals surface area contributed by atoms with E-state index in [0.29, 0.717) is 30.4 Å². The molecule has 5 rings (SSSR count). The molecule has 206 valence electrons. The highest BCUT2D eigenvalue weighted by molar-refractivity contribution is 7.87. The van der Waals surface area contributed by atoms with Gasteiger partial charge in [0.05, 0.1) is 24.1 Å². The summed E-state index contributed by atoms with van der Waals surface area (Å²) in [5.74, 6) is -3.28. The van der Waals surface area contributed by atoms with Gasteiger partial charge in [-0.15, -0.1) is 0 Å². The van der Waals surface area contributed by atoms with E-state index in [9.17, 15) is 22.0 Å². The number of nitrogens with one attached hydrogen (secondary N) is 1. The van der Waals surface area contributed by atoms with Crippen molar-refractivity contribution in [3.8, 4) is 11.5 Å². The number of carbonyl (C=O) groups is 1. The van der Waals surface area contributed by atoms with Gasteiger partial charge < -0.3 is 9.47 Å². The van der Waals surface area contributed by atoms with Crippen molar-refractivity contribution in [2.75, 3.05) is 26.7 Å². The molecule has 1 aliphatic carbocycles. The summed E-state index contributed by atoms with van der Waals surface area (Å²) in [6.45, 7) is 2.94. The predicted molar refractivity (Wildman–Crippen MR) is 135 cm³/mol. The Labute approximate surface area is 221 Å². The maximum atomic E-state index is 14.9. The SMILES string of the molecule is CC[C@@H](Oc1ccc(C(=O)NS(=O)(=O)N2CC3CCC(C2)N3C)c(F)c1F)c1ccc(OCC2CC2)cn1. The minimum atomic E-state index is -4.22. The van der Waals surface area contributed by atoms with Crippen LogP contribution in [0.25, 0.3) is 0 Å². The van der Waals surface area contributed by atoms with E-state index in [1.165, 1.54) is 17.1 Å². The van der Waals surface area contributed by atoms with Crippen molar-refractivity contribution in [3.05, 3.63) is 53.4 Å². The smallest absolute Gasteiger partial charge is 0.304 e. The van der Waals surface area contributed by atoms with E-state index in [0.717, 1.165) is 25.0 Å². The van der Waals surface area contributed by atoms with Crippen molar-refractivity contribution in [3.63, 3.8) is 0 Å². The number of rotatable bonds is 10. The lowest BCUT2D eigenvalue weighted by Gasteiger charge is -2.37. The van der Waals surface area contributed by atoms with E-state index in [1.807, 2.05) is 18.7 Å². The van der Waals surface area contributed by atoms with Gasteiger partial charge in [-0.2, -0.15) is 17.1 Å². The molecule has 1 aromatic heterocycles. The van der Waals surface area contributed by atoms with E-state index < -0.39 is 45.2 Å². The summed E-state index contributed by atoms with van der Waals surface area (Å²) in [6.07, 6.45) is 5.40. The molecule has 12 heteroatoms. The van der Waals surface area contributed by atoms with E-state index >= 15 is 0 Å². The summed E-state index contributed by atoms with van der Waals surface area (Å²) in [5, 5.41) is 0. The first-order valence-electron chi connectivity index (χ1n) is 12.9. The van der Waals surface area contributed by atoms with Gasteiger partial charge in [0, 0.05) is 25.2 Å². The maximum absolute atomic E-state index is 14.9. The van der Waals surface area contributed by atoms with Crippen LogP contribution in [-0.4, -0.2) is 67.3 Å². The van der Waals surface area contributed by atoms with Crippen molar-refractivity contribution in [1.82, 2.24) is 18.9 Å². The Balaban J connectivity index is 1.25. The highest BCUT2D eigenvalue weighted by Crippen LogP contribution is 2.32. The number of hydrogen-bond donors (Lipinski definition) is 1. The summed E-state index contributed by atoms with van der Waals surface area (Å²) < 4.78 is 70.0. The minimum Gasteiger partial charge on any atom is -0.492 e. The topological polar surface area (TPSA) is 101 Å². The molecule has 2 aliphatic heterocycles. The number of likely N-dealkylation sites (N-methyl/N-ethyl adjacent to an activating group) is 1. The lowest BCUT2D eigenvalue weighted by molar-refractivity contribution is 0.0967. The first-order chi connectivity index (χ1) is 18.2. The Morgan fingerprint density at radius 3 is 2.42 bits per heavy atom. The van der Waals surface area contributed by atoms with E-state index in [-0.39, 0.29) is 25.2 Å². The largest absolute Gasteiger partial charge is 0.492 e. The van der Waals surface area contributed by atoms with E-state index in [2.05, 4.69) is 9.88 Å². The monoisotopic (exact) mass is 550 g/mol. The third-order valence-electron chi connectivity index (χ3n) is 7.58. The third kappa shape index (κ3) is 5.62. The van der Waals surface area contributed by atoms with Crippen LogP contribution in [0.4, 0.5) is 8.78 Å². The quantitative estimate of drug-likeness (QED) is 0.484. The number of pyridine rings is 1. The summed E-state index contributed by atoms with van der Waals surface area (Å²) in [4.78, 5) is 19.1. The van der Waals surface area contributed by atoms with Crippen molar-refractivity contribution in [2.24, 2.45) is 5.92 Å². The van der Waals surface area contributed by atoms with Crippen molar-refractivity contribution in [1.29, 1.82) is 0 Å². The van der Waals surface area contributed by atoms with E-state index in [4.69, 9.17) is 9.47 Å². The first-order valence-corrected chi connectivity index (χ1v) is 14.4. The third-order valence-corrected chi connectivity index (χ3v) is 9.00. The van der Waals surface area contributed by atoms with Crippen LogP contribution in [0.5, 0.6) is 11.5 Å². The number of nitrogens with zero attached hydrogens (tertiary/aromatic N) is 3. The zero-order valence-corrected chi connectivity index (χ0v) is 22.2. The van der Waals surface area contributed by atoms with Gasteiger partial charge in [-0.05, 0) is 69.3 Å². The van der Waals surface area contributed by atoms with Crippen molar-refractivity contribution in [2.45, 2.75) is 57.2 Å². The number of piperazine rings is 1. The molecule has 2 saturated heterocycles. The van der Waals surface area contributed by atoms with Crippen LogP contribution in [-0.2, 0) is 10.2 Å². The average molecular weight is 551 g/mol. The zero-order valence-electron chi connectivity index (χ0n) is 21.4. The molecule has 1 aromatic carbocycles. The molecule has 2 unspecified atom stereocenters. The van der Waals surface area contributed by atoms with Crippen LogP contribution < -0.4 is 14.2 Å². The molecule has 9 nitrogen and oxygen atoms in total.